The van der Waals surface area contributed by atoms with Crippen molar-refractivity contribution in [2.75, 3.05) is 17.7 Å². The van der Waals surface area contributed by atoms with Crippen molar-refractivity contribution in [1.82, 2.24) is 9.55 Å². The number of nitrogens with one attached hydrogen (secondary N) is 2. The van der Waals surface area contributed by atoms with E-state index in [1.54, 1.807) is 37.3 Å². The Bertz CT molecular complexity index is 1470. The SMILES string of the molecule is COc1ccccc1NC(=O)C1=C(C)Nc2nc3ccccc3n2C1c1cccc([N+](=O)[O-])c1. The van der Waals surface area contributed by atoms with Gasteiger partial charge in [0.15, 0.2) is 0 Å². The average molecular weight is 455 g/mol. The minimum absolute atomic E-state index is 0.0517. The number of non-ortho nitro benzene ring substituents is 1. The van der Waals surface area contributed by atoms with Gasteiger partial charge in [-0.3, -0.25) is 19.5 Å². The molecule has 2 N–H and O–H groups in total. The lowest BCUT2D eigenvalue weighted by molar-refractivity contribution is -0.384. The second-order valence-electron chi connectivity index (χ2n) is 7.87. The van der Waals surface area contributed by atoms with Crippen LogP contribution in [0.25, 0.3) is 11.0 Å². The van der Waals surface area contributed by atoms with Gasteiger partial charge in [0.05, 0.1) is 40.4 Å². The summed E-state index contributed by atoms with van der Waals surface area (Å²) in [4.78, 5) is 29.4. The molecule has 3 aromatic carbocycles. The Morgan fingerprint density at radius 1 is 1.12 bits per heavy atom. The zero-order valence-electron chi connectivity index (χ0n) is 18.5. The standard InChI is InChI=1S/C25H21N5O4/c1-15-22(24(31)27-19-11-4-6-13-21(19)34-2)23(16-8-7-9-17(14-16)30(32)33)29-20-12-5-3-10-18(20)28-25(29)26-15/h3-14,23H,1-2H3,(H,26,28)(H,27,31). The first-order valence-electron chi connectivity index (χ1n) is 10.6. The Hall–Kier alpha value is -4.66. The maximum atomic E-state index is 13.7. The number of nitrogens with zero attached hydrogens (tertiary/aromatic N) is 3. The van der Waals surface area contributed by atoms with Crippen LogP contribution < -0.4 is 15.4 Å². The Morgan fingerprint density at radius 2 is 1.88 bits per heavy atom. The zero-order chi connectivity index (χ0) is 23.8. The molecule has 0 radical (unpaired) electrons. The fraction of sp³-hybridized carbons (Fsp3) is 0.120. The summed E-state index contributed by atoms with van der Waals surface area (Å²) in [6, 6.07) is 20.4. The number of ether oxygens (including phenoxy) is 1. The smallest absolute Gasteiger partial charge is 0.269 e. The Kier molecular flexibility index (Phi) is 5.21. The van der Waals surface area contributed by atoms with E-state index in [0.717, 1.165) is 11.0 Å². The van der Waals surface area contributed by atoms with E-state index in [-0.39, 0.29) is 11.6 Å². The molecule has 0 spiro atoms. The number of fused-ring (bicyclic) bond motifs is 3. The number of amides is 1. The normalized spacial score (nSPS) is 14.9. The van der Waals surface area contributed by atoms with Crippen molar-refractivity contribution in [1.29, 1.82) is 0 Å². The highest BCUT2D eigenvalue weighted by Crippen LogP contribution is 2.40. The molecule has 170 valence electrons. The quantitative estimate of drug-likeness (QED) is 0.328. The number of imidazole rings is 1. The predicted molar refractivity (Wildman–Crippen MR) is 129 cm³/mol. The molecular weight excluding hydrogens is 434 g/mol. The number of rotatable bonds is 5. The van der Waals surface area contributed by atoms with Crippen LogP contribution in [-0.4, -0.2) is 27.5 Å². The van der Waals surface area contributed by atoms with Gasteiger partial charge < -0.3 is 15.4 Å². The van der Waals surface area contributed by atoms with Crippen LogP contribution in [0.2, 0.25) is 0 Å². The minimum Gasteiger partial charge on any atom is -0.495 e. The number of anilines is 2. The fourth-order valence-electron chi connectivity index (χ4n) is 4.32. The number of nitro benzene ring substituents is 1. The van der Waals surface area contributed by atoms with Gasteiger partial charge in [-0.2, -0.15) is 0 Å². The third kappa shape index (κ3) is 3.53. The monoisotopic (exact) mass is 455 g/mol. The summed E-state index contributed by atoms with van der Waals surface area (Å²) in [5.41, 5.74) is 3.65. The van der Waals surface area contributed by atoms with Crippen LogP contribution in [0.3, 0.4) is 0 Å². The van der Waals surface area contributed by atoms with Crippen LogP contribution in [0, 0.1) is 10.1 Å². The van der Waals surface area contributed by atoms with Gasteiger partial charge in [-0.15, -0.1) is 0 Å². The van der Waals surface area contributed by atoms with E-state index >= 15 is 0 Å². The van der Waals surface area contributed by atoms with Gasteiger partial charge in [0.1, 0.15) is 5.75 Å². The van der Waals surface area contributed by atoms with Crippen molar-refractivity contribution < 1.29 is 14.5 Å². The van der Waals surface area contributed by atoms with Crippen molar-refractivity contribution >= 4 is 34.3 Å². The van der Waals surface area contributed by atoms with Crippen LogP contribution in [0.1, 0.15) is 18.5 Å². The Balaban J connectivity index is 1.68. The van der Waals surface area contributed by atoms with Crippen LogP contribution in [0.5, 0.6) is 5.75 Å². The summed E-state index contributed by atoms with van der Waals surface area (Å²) in [6.45, 7) is 1.80. The number of benzene rings is 3. The lowest BCUT2D eigenvalue weighted by atomic mass is 9.94. The van der Waals surface area contributed by atoms with E-state index in [9.17, 15) is 14.9 Å². The van der Waals surface area contributed by atoms with Gasteiger partial charge in [-0.1, -0.05) is 36.4 Å². The maximum absolute atomic E-state index is 13.7. The molecular formula is C25H21N5O4. The van der Waals surface area contributed by atoms with Gasteiger partial charge in [0, 0.05) is 17.8 Å². The molecule has 1 aliphatic rings. The number of methoxy groups -OCH3 is 1. The summed E-state index contributed by atoms with van der Waals surface area (Å²) in [6.07, 6.45) is 0. The van der Waals surface area contributed by atoms with E-state index in [1.165, 1.54) is 19.2 Å². The molecule has 34 heavy (non-hydrogen) atoms. The van der Waals surface area contributed by atoms with Crippen molar-refractivity contribution in [3.05, 3.63) is 99.7 Å². The van der Waals surface area contributed by atoms with Crippen molar-refractivity contribution in [2.45, 2.75) is 13.0 Å². The first-order chi connectivity index (χ1) is 16.5. The second kappa shape index (κ2) is 8.36. The molecule has 9 nitrogen and oxygen atoms in total. The number of nitro groups is 1. The van der Waals surface area contributed by atoms with Crippen molar-refractivity contribution in [2.24, 2.45) is 0 Å². The van der Waals surface area contributed by atoms with E-state index < -0.39 is 11.0 Å². The molecule has 0 fully saturated rings. The number of hydrogen-bond donors (Lipinski definition) is 2. The van der Waals surface area contributed by atoms with Crippen LogP contribution in [-0.2, 0) is 4.79 Å². The van der Waals surface area contributed by atoms with Crippen molar-refractivity contribution in [3.8, 4) is 5.75 Å². The highest BCUT2D eigenvalue weighted by Gasteiger charge is 2.35. The van der Waals surface area contributed by atoms with E-state index in [2.05, 4.69) is 15.6 Å². The molecule has 0 bridgehead atoms. The lowest BCUT2D eigenvalue weighted by Crippen LogP contribution is -2.31. The van der Waals surface area contributed by atoms with Gasteiger partial charge in [-0.05, 0) is 36.8 Å². The number of hydrogen-bond acceptors (Lipinski definition) is 6. The largest absolute Gasteiger partial charge is 0.495 e. The summed E-state index contributed by atoms with van der Waals surface area (Å²) < 4.78 is 7.28. The average Bonchev–Trinajstić information content (AvgIpc) is 3.21. The molecule has 9 heteroatoms. The molecule has 0 saturated carbocycles. The topological polar surface area (TPSA) is 111 Å². The summed E-state index contributed by atoms with van der Waals surface area (Å²) in [7, 11) is 1.54. The van der Waals surface area contributed by atoms with Gasteiger partial charge >= 0.3 is 0 Å². The number of allylic oxidation sites excluding steroid dienone is 1. The molecule has 5 rings (SSSR count). The zero-order valence-corrected chi connectivity index (χ0v) is 18.5. The van der Waals surface area contributed by atoms with E-state index in [4.69, 9.17) is 4.74 Å². The number of carbonyl (C=O) groups excluding carboxylic acids is 1. The Labute approximate surface area is 194 Å². The number of para-hydroxylation sites is 4. The summed E-state index contributed by atoms with van der Waals surface area (Å²) in [5.74, 6) is 0.733. The van der Waals surface area contributed by atoms with E-state index in [1.807, 2.05) is 34.9 Å². The number of aromatic nitrogens is 2. The first kappa shape index (κ1) is 21.2. The third-order valence-corrected chi connectivity index (χ3v) is 5.83. The van der Waals surface area contributed by atoms with Crippen LogP contribution >= 0.6 is 0 Å². The minimum atomic E-state index is -0.641. The first-order valence-corrected chi connectivity index (χ1v) is 10.6. The molecule has 2 heterocycles. The predicted octanol–water partition coefficient (Wildman–Crippen LogP) is 4.88. The molecule has 1 amide bonds. The molecule has 4 aromatic rings. The summed E-state index contributed by atoms with van der Waals surface area (Å²) >= 11 is 0. The molecule has 1 unspecified atom stereocenters. The fourth-order valence-corrected chi connectivity index (χ4v) is 4.32. The number of carbonyl (C=O) groups is 1. The highest BCUT2D eigenvalue weighted by molar-refractivity contribution is 6.07. The van der Waals surface area contributed by atoms with Crippen LogP contribution in [0.15, 0.2) is 84.1 Å². The molecule has 1 atom stereocenters. The van der Waals surface area contributed by atoms with Gasteiger partial charge in [0.2, 0.25) is 5.95 Å². The maximum Gasteiger partial charge on any atom is 0.269 e. The molecule has 0 saturated heterocycles. The summed E-state index contributed by atoms with van der Waals surface area (Å²) in [5, 5.41) is 17.7. The van der Waals surface area contributed by atoms with Crippen molar-refractivity contribution in [3.63, 3.8) is 0 Å². The second-order valence-corrected chi connectivity index (χ2v) is 7.87. The van der Waals surface area contributed by atoms with Gasteiger partial charge in [-0.25, -0.2) is 4.98 Å². The van der Waals surface area contributed by atoms with Gasteiger partial charge in [0.25, 0.3) is 11.6 Å². The van der Waals surface area contributed by atoms with E-state index in [0.29, 0.717) is 34.2 Å². The molecule has 1 aliphatic heterocycles. The molecule has 0 aliphatic carbocycles. The van der Waals surface area contributed by atoms with Crippen LogP contribution in [0.4, 0.5) is 17.3 Å². The third-order valence-electron chi connectivity index (χ3n) is 5.83. The Morgan fingerprint density at radius 3 is 2.68 bits per heavy atom. The molecule has 1 aromatic heterocycles. The highest BCUT2D eigenvalue weighted by atomic mass is 16.6. The lowest BCUT2D eigenvalue weighted by Gasteiger charge is -2.30.